The molecule has 132 valence electrons. The van der Waals surface area contributed by atoms with E-state index in [9.17, 15) is 12.8 Å². The zero-order valence-corrected chi connectivity index (χ0v) is 15.0. The van der Waals surface area contributed by atoms with Crippen molar-refractivity contribution in [3.8, 4) is 11.1 Å². The lowest BCUT2D eigenvalue weighted by molar-refractivity contribution is 0.589. The van der Waals surface area contributed by atoms with Gasteiger partial charge < -0.3 is 0 Å². The van der Waals surface area contributed by atoms with Gasteiger partial charge in [-0.2, -0.15) is 5.10 Å². The van der Waals surface area contributed by atoms with Crippen LogP contribution >= 0.6 is 0 Å². The monoisotopic (exact) mass is 369 g/mol. The van der Waals surface area contributed by atoms with Crippen LogP contribution < -0.4 is 0 Å². The number of hydrogen-bond donors (Lipinski definition) is 0. The molecule has 7 heteroatoms. The van der Waals surface area contributed by atoms with Gasteiger partial charge in [-0.3, -0.25) is 4.68 Å². The van der Waals surface area contributed by atoms with E-state index in [0.29, 0.717) is 16.5 Å². The number of hydrogen-bond acceptors (Lipinski definition) is 3. The van der Waals surface area contributed by atoms with Crippen LogP contribution in [-0.4, -0.2) is 22.2 Å². The average molecular weight is 369 g/mol. The summed E-state index contributed by atoms with van der Waals surface area (Å²) in [5.41, 5.74) is 2.58. The lowest BCUT2D eigenvalue weighted by atomic mass is 10.1. The van der Waals surface area contributed by atoms with E-state index in [2.05, 4.69) is 5.10 Å². The number of fused-ring (bicyclic) bond motifs is 1. The highest BCUT2D eigenvalue weighted by atomic mass is 32.2. The van der Waals surface area contributed by atoms with E-state index in [1.165, 1.54) is 30.5 Å². The van der Waals surface area contributed by atoms with Gasteiger partial charge in [0.15, 0.2) is 0 Å². The molecule has 0 radical (unpaired) electrons. The van der Waals surface area contributed by atoms with Crippen molar-refractivity contribution in [2.24, 2.45) is 7.05 Å². The predicted octanol–water partition coefficient (Wildman–Crippen LogP) is 3.73. The number of halogens is 1. The van der Waals surface area contributed by atoms with Gasteiger partial charge in [0, 0.05) is 36.0 Å². The molecule has 0 saturated carbocycles. The summed E-state index contributed by atoms with van der Waals surface area (Å²) in [6.07, 6.45) is 3.36. The summed E-state index contributed by atoms with van der Waals surface area (Å²) < 4.78 is 42.9. The zero-order chi connectivity index (χ0) is 18.5. The molecule has 0 bridgehead atoms. The Labute approximate surface area is 150 Å². The topological polar surface area (TPSA) is 56.9 Å². The Bertz CT molecular complexity index is 1220. The van der Waals surface area contributed by atoms with E-state index >= 15 is 0 Å². The molecule has 5 nitrogen and oxygen atoms in total. The second kappa shape index (κ2) is 5.81. The number of aromatic nitrogens is 3. The van der Waals surface area contributed by atoms with E-state index in [0.717, 1.165) is 15.2 Å². The Morgan fingerprint density at radius 2 is 1.73 bits per heavy atom. The van der Waals surface area contributed by atoms with Gasteiger partial charge in [0.2, 0.25) is 0 Å². The van der Waals surface area contributed by atoms with Crippen molar-refractivity contribution in [3.63, 3.8) is 0 Å². The minimum absolute atomic E-state index is 0.149. The van der Waals surface area contributed by atoms with Crippen molar-refractivity contribution in [2.45, 2.75) is 11.8 Å². The van der Waals surface area contributed by atoms with E-state index < -0.39 is 15.8 Å². The van der Waals surface area contributed by atoms with Crippen LogP contribution in [0.4, 0.5) is 4.39 Å². The Balaban J connectivity index is 2.05. The van der Waals surface area contributed by atoms with Gasteiger partial charge in [-0.1, -0.05) is 18.2 Å². The fourth-order valence-electron chi connectivity index (χ4n) is 3.15. The summed E-state index contributed by atoms with van der Waals surface area (Å²) in [7, 11) is -2.05. The van der Waals surface area contributed by atoms with Crippen molar-refractivity contribution < 1.29 is 12.8 Å². The van der Waals surface area contributed by atoms with E-state index in [-0.39, 0.29) is 4.90 Å². The third kappa shape index (κ3) is 2.52. The largest absolute Gasteiger partial charge is 0.275 e. The maximum Gasteiger partial charge on any atom is 0.268 e. The first-order valence-corrected chi connectivity index (χ1v) is 9.44. The van der Waals surface area contributed by atoms with Gasteiger partial charge in [-0.15, -0.1) is 0 Å². The molecule has 2 aromatic carbocycles. The van der Waals surface area contributed by atoms with Gasteiger partial charge in [-0.05, 0) is 37.3 Å². The second-order valence-electron chi connectivity index (χ2n) is 6.12. The lowest BCUT2D eigenvalue weighted by Crippen LogP contribution is -2.11. The summed E-state index contributed by atoms with van der Waals surface area (Å²) in [6.45, 7) is 1.85. The molecular weight excluding hydrogens is 353 g/mol. The fourth-order valence-corrected chi connectivity index (χ4v) is 4.54. The molecule has 0 aliphatic carbocycles. The normalized spacial score (nSPS) is 12.0. The maximum atomic E-state index is 13.9. The molecule has 0 saturated heterocycles. The van der Waals surface area contributed by atoms with Crippen LogP contribution in [-0.2, 0) is 17.1 Å². The second-order valence-corrected chi connectivity index (χ2v) is 7.93. The number of nitrogens with zero attached hydrogens (tertiary/aromatic N) is 3. The van der Waals surface area contributed by atoms with Crippen LogP contribution in [0.3, 0.4) is 0 Å². The van der Waals surface area contributed by atoms with Crippen molar-refractivity contribution in [1.29, 1.82) is 0 Å². The molecule has 0 aliphatic rings. The van der Waals surface area contributed by atoms with Crippen molar-refractivity contribution in [3.05, 3.63) is 72.4 Å². The van der Waals surface area contributed by atoms with Crippen LogP contribution in [0.5, 0.6) is 0 Å². The van der Waals surface area contributed by atoms with Crippen LogP contribution in [0.15, 0.2) is 65.8 Å². The molecule has 2 aromatic heterocycles. The minimum atomic E-state index is -3.85. The first-order valence-electron chi connectivity index (χ1n) is 8.00. The zero-order valence-electron chi connectivity index (χ0n) is 14.2. The average Bonchev–Trinajstić information content (AvgIpc) is 3.15. The molecule has 0 amide bonds. The molecule has 4 rings (SSSR count). The van der Waals surface area contributed by atoms with E-state index in [1.807, 2.05) is 13.1 Å². The van der Waals surface area contributed by atoms with Gasteiger partial charge in [-0.25, -0.2) is 16.8 Å². The third-order valence-corrected chi connectivity index (χ3v) is 6.03. The lowest BCUT2D eigenvalue weighted by Gasteiger charge is -2.07. The smallest absolute Gasteiger partial charge is 0.268 e. The highest BCUT2D eigenvalue weighted by molar-refractivity contribution is 7.90. The van der Waals surface area contributed by atoms with Gasteiger partial charge >= 0.3 is 0 Å². The molecule has 4 aromatic rings. The van der Waals surface area contributed by atoms with Crippen LogP contribution in [0.25, 0.3) is 22.0 Å². The number of benzene rings is 2. The predicted molar refractivity (Wildman–Crippen MR) is 97.9 cm³/mol. The highest BCUT2D eigenvalue weighted by Crippen LogP contribution is 2.34. The van der Waals surface area contributed by atoms with Crippen molar-refractivity contribution in [2.75, 3.05) is 0 Å². The van der Waals surface area contributed by atoms with Crippen molar-refractivity contribution in [1.82, 2.24) is 13.8 Å². The van der Waals surface area contributed by atoms with Gasteiger partial charge in [0.05, 0.1) is 16.1 Å². The molecule has 26 heavy (non-hydrogen) atoms. The number of rotatable bonds is 3. The van der Waals surface area contributed by atoms with Crippen LogP contribution in [0.2, 0.25) is 0 Å². The first kappa shape index (κ1) is 16.5. The quantitative estimate of drug-likeness (QED) is 0.553. The molecule has 0 unspecified atom stereocenters. The first-order chi connectivity index (χ1) is 12.4. The summed E-state index contributed by atoms with van der Waals surface area (Å²) in [5.74, 6) is -0.491. The van der Waals surface area contributed by atoms with E-state index in [4.69, 9.17) is 0 Å². The SMILES string of the molecule is Cc1nn(C)cc1-c1cn(S(=O)(=O)c2ccccc2)c2cc(F)ccc12. The summed E-state index contributed by atoms with van der Waals surface area (Å²) in [5, 5.41) is 4.98. The summed E-state index contributed by atoms with van der Waals surface area (Å²) in [6, 6.07) is 12.3. The van der Waals surface area contributed by atoms with Crippen molar-refractivity contribution >= 4 is 20.9 Å². The van der Waals surface area contributed by atoms with Crippen LogP contribution in [0.1, 0.15) is 5.69 Å². The Hall–Kier alpha value is -2.93. The minimum Gasteiger partial charge on any atom is -0.275 e. The molecule has 0 N–H and O–H groups in total. The van der Waals surface area contributed by atoms with Crippen LogP contribution in [0, 0.1) is 12.7 Å². The standard InChI is InChI=1S/C19H16FN3O2S/c1-13-17(11-22(2)21-13)18-12-23(19-10-14(20)8-9-16(18)19)26(24,25)15-6-4-3-5-7-15/h3-12H,1-2H3. The van der Waals surface area contributed by atoms with Gasteiger partial charge in [0.1, 0.15) is 5.82 Å². The summed E-state index contributed by atoms with van der Waals surface area (Å²) >= 11 is 0. The van der Waals surface area contributed by atoms with E-state index in [1.54, 1.807) is 36.0 Å². The number of aryl methyl sites for hydroxylation is 2. The molecule has 2 heterocycles. The molecule has 0 fully saturated rings. The Kier molecular flexibility index (Phi) is 3.69. The molecule has 0 aliphatic heterocycles. The Morgan fingerprint density at radius 3 is 2.38 bits per heavy atom. The molecular formula is C19H16FN3O2S. The third-order valence-electron chi connectivity index (χ3n) is 4.34. The van der Waals surface area contributed by atoms with Gasteiger partial charge in [0.25, 0.3) is 10.0 Å². The summed E-state index contributed by atoms with van der Waals surface area (Å²) in [4.78, 5) is 0.149. The molecule has 0 atom stereocenters. The Morgan fingerprint density at radius 1 is 1.00 bits per heavy atom. The highest BCUT2D eigenvalue weighted by Gasteiger charge is 2.23. The molecule has 0 spiro atoms. The maximum absolute atomic E-state index is 13.9. The fraction of sp³-hybridized carbons (Fsp3) is 0.105.